The zero-order valence-corrected chi connectivity index (χ0v) is 23.4. The zero-order chi connectivity index (χ0) is 27.2. The second-order valence-corrected chi connectivity index (χ2v) is 12.3. The van der Waals surface area contributed by atoms with Gasteiger partial charge in [0.1, 0.15) is 0 Å². The topological polar surface area (TPSA) is 40.5 Å². The summed E-state index contributed by atoms with van der Waals surface area (Å²) in [6, 6.07) is 36.5. The lowest BCUT2D eigenvalue weighted by atomic mass is 9.40. The lowest BCUT2D eigenvalue weighted by Crippen LogP contribution is -2.59. The number of hydrogen-bond donors (Lipinski definition) is 2. The molecule has 2 heteroatoms. The fourth-order valence-corrected chi connectivity index (χ4v) is 9.76. The van der Waals surface area contributed by atoms with Gasteiger partial charge in [-0.3, -0.25) is 0 Å². The normalized spacial score (nSPS) is 18.9. The monoisotopic (exact) mass is 528 g/mol. The molecule has 0 bridgehead atoms. The van der Waals surface area contributed by atoms with Crippen LogP contribution in [-0.2, 0) is 10.8 Å². The van der Waals surface area contributed by atoms with Crippen molar-refractivity contribution in [3.8, 4) is 22.3 Å². The van der Waals surface area contributed by atoms with Crippen molar-refractivity contribution in [2.75, 3.05) is 13.2 Å². The van der Waals surface area contributed by atoms with E-state index in [-0.39, 0.29) is 29.5 Å². The van der Waals surface area contributed by atoms with Crippen LogP contribution >= 0.6 is 0 Å². The molecule has 0 atom stereocenters. The van der Waals surface area contributed by atoms with Crippen LogP contribution in [0.15, 0.2) is 97.1 Å². The van der Waals surface area contributed by atoms with Crippen LogP contribution in [0.5, 0.6) is 0 Å². The van der Waals surface area contributed by atoms with E-state index in [9.17, 15) is 10.2 Å². The molecule has 7 rings (SSSR count). The molecule has 0 spiro atoms. The fraction of sp³-hybridized carbons (Fsp3) is 0.368. The third-order valence-corrected chi connectivity index (χ3v) is 10.9. The standard InChI is InChI=1S/C38H40O2/c39-26-12-24-37(32-18-6-2-14-28(32)29-15-3-7-19-33(29)37)36(22-10-1-11-23-36)38(25-13-27-40)34-20-8-4-16-30(34)31-17-5-9-21-35(31)38/h2-9,14-21,39-40H,1,10-13,22-27H2. The number of rotatable bonds is 8. The summed E-state index contributed by atoms with van der Waals surface area (Å²) in [5.74, 6) is 0. The molecule has 2 N–H and O–H groups in total. The summed E-state index contributed by atoms with van der Waals surface area (Å²) < 4.78 is 0. The van der Waals surface area contributed by atoms with Crippen molar-refractivity contribution in [1.82, 2.24) is 0 Å². The third kappa shape index (κ3) is 3.24. The molecule has 0 radical (unpaired) electrons. The van der Waals surface area contributed by atoms with E-state index in [1.165, 1.54) is 63.8 Å². The number of aliphatic hydroxyl groups is 2. The predicted octanol–water partition coefficient (Wildman–Crippen LogP) is 8.42. The molecule has 4 aromatic carbocycles. The first-order chi connectivity index (χ1) is 19.7. The largest absolute Gasteiger partial charge is 0.396 e. The molecule has 0 saturated heterocycles. The quantitative estimate of drug-likeness (QED) is 0.241. The Bertz CT molecular complexity index is 1330. The van der Waals surface area contributed by atoms with Crippen LogP contribution in [0.2, 0.25) is 0 Å². The third-order valence-electron chi connectivity index (χ3n) is 10.9. The summed E-state index contributed by atoms with van der Waals surface area (Å²) in [4.78, 5) is 0. The molecule has 0 heterocycles. The molecule has 2 nitrogen and oxygen atoms in total. The van der Waals surface area contributed by atoms with Crippen LogP contribution in [0.25, 0.3) is 22.3 Å². The summed E-state index contributed by atoms with van der Waals surface area (Å²) in [6.07, 6.45) is 9.32. The summed E-state index contributed by atoms with van der Waals surface area (Å²) in [6.45, 7) is 0.387. The highest BCUT2D eigenvalue weighted by Gasteiger charge is 2.67. The van der Waals surface area contributed by atoms with Gasteiger partial charge < -0.3 is 10.2 Å². The number of fused-ring (bicyclic) bond motifs is 6. The summed E-state index contributed by atoms with van der Waals surface area (Å²) >= 11 is 0. The Hall–Kier alpha value is -3.20. The van der Waals surface area contributed by atoms with Crippen molar-refractivity contribution in [2.45, 2.75) is 68.6 Å². The average Bonchev–Trinajstić information content (AvgIpc) is 3.48. The van der Waals surface area contributed by atoms with E-state index in [1.54, 1.807) is 0 Å². The molecule has 1 saturated carbocycles. The summed E-state index contributed by atoms with van der Waals surface area (Å²) in [7, 11) is 0. The van der Waals surface area contributed by atoms with Crippen molar-refractivity contribution < 1.29 is 10.2 Å². The summed E-state index contributed by atoms with van der Waals surface area (Å²) in [5.41, 5.74) is 10.6. The Labute approximate surface area is 238 Å². The first kappa shape index (κ1) is 25.7. The van der Waals surface area contributed by atoms with Crippen LogP contribution in [0.4, 0.5) is 0 Å². The van der Waals surface area contributed by atoms with Gasteiger partial charge in [-0.2, -0.15) is 0 Å². The van der Waals surface area contributed by atoms with Gasteiger partial charge in [-0.25, -0.2) is 0 Å². The molecule has 0 unspecified atom stereocenters. The predicted molar refractivity (Wildman–Crippen MR) is 163 cm³/mol. The van der Waals surface area contributed by atoms with E-state index in [2.05, 4.69) is 97.1 Å². The SMILES string of the molecule is OCCCC1(C2(C3(CCCO)c4ccccc4-c4ccccc43)CCCCC2)c2ccccc2-c2ccccc21. The number of aliphatic hydroxyl groups excluding tert-OH is 2. The minimum atomic E-state index is -0.247. The Morgan fingerprint density at radius 3 is 1.10 bits per heavy atom. The minimum absolute atomic E-state index is 0.117. The van der Waals surface area contributed by atoms with E-state index in [0.29, 0.717) is 0 Å². The Balaban J connectivity index is 1.65. The lowest BCUT2D eigenvalue weighted by molar-refractivity contribution is -0.000504. The molecule has 0 aromatic heterocycles. The molecule has 0 aliphatic heterocycles. The molecular weight excluding hydrogens is 488 g/mol. The smallest absolute Gasteiger partial charge is 0.0431 e. The molecular formula is C38H40O2. The van der Waals surface area contributed by atoms with Gasteiger partial charge in [0.25, 0.3) is 0 Å². The fourth-order valence-electron chi connectivity index (χ4n) is 9.76. The van der Waals surface area contributed by atoms with Gasteiger partial charge in [0.2, 0.25) is 0 Å². The van der Waals surface area contributed by atoms with Crippen LogP contribution < -0.4 is 0 Å². The van der Waals surface area contributed by atoms with Crippen molar-refractivity contribution >= 4 is 0 Å². The molecule has 204 valence electrons. The van der Waals surface area contributed by atoms with Crippen LogP contribution in [0, 0.1) is 5.41 Å². The molecule has 40 heavy (non-hydrogen) atoms. The van der Waals surface area contributed by atoms with E-state index in [1.807, 2.05) is 0 Å². The Kier molecular flexibility index (Phi) is 6.45. The van der Waals surface area contributed by atoms with Gasteiger partial charge in [-0.1, -0.05) is 116 Å². The van der Waals surface area contributed by atoms with Gasteiger partial charge in [-0.15, -0.1) is 0 Å². The van der Waals surface area contributed by atoms with Gasteiger partial charge in [0.15, 0.2) is 0 Å². The second-order valence-electron chi connectivity index (χ2n) is 12.3. The molecule has 3 aliphatic carbocycles. The van der Waals surface area contributed by atoms with Gasteiger partial charge in [-0.05, 0) is 88.4 Å². The summed E-state index contributed by atoms with van der Waals surface area (Å²) in [5, 5.41) is 20.7. The maximum absolute atomic E-state index is 10.4. The van der Waals surface area contributed by atoms with E-state index >= 15 is 0 Å². The Morgan fingerprint density at radius 2 is 0.775 bits per heavy atom. The van der Waals surface area contributed by atoms with Gasteiger partial charge >= 0.3 is 0 Å². The van der Waals surface area contributed by atoms with E-state index < -0.39 is 0 Å². The molecule has 3 aliphatic rings. The molecule has 1 fully saturated rings. The highest BCUT2D eigenvalue weighted by molar-refractivity contribution is 5.85. The van der Waals surface area contributed by atoms with Gasteiger partial charge in [0.05, 0.1) is 0 Å². The maximum Gasteiger partial charge on any atom is 0.0431 e. The number of hydrogen-bond acceptors (Lipinski definition) is 2. The molecule has 4 aromatic rings. The van der Waals surface area contributed by atoms with E-state index in [4.69, 9.17) is 0 Å². The van der Waals surface area contributed by atoms with E-state index in [0.717, 1.165) is 38.5 Å². The number of benzene rings is 4. The van der Waals surface area contributed by atoms with Crippen molar-refractivity contribution in [1.29, 1.82) is 0 Å². The van der Waals surface area contributed by atoms with Gasteiger partial charge in [0, 0.05) is 24.0 Å². The van der Waals surface area contributed by atoms with Crippen molar-refractivity contribution in [3.63, 3.8) is 0 Å². The van der Waals surface area contributed by atoms with Crippen LogP contribution in [0.1, 0.15) is 80.0 Å². The first-order valence-corrected chi connectivity index (χ1v) is 15.4. The minimum Gasteiger partial charge on any atom is -0.396 e. The highest BCUT2D eigenvalue weighted by Crippen LogP contribution is 2.74. The first-order valence-electron chi connectivity index (χ1n) is 15.4. The Morgan fingerprint density at radius 1 is 0.450 bits per heavy atom. The van der Waals surface area contributed by atoms with Crippen molar-refractivity contribution in [2.24, 2.45) is 5.41 Å². The average molecular weight is 529 g/mol. The van der Waals surface area contributed by atoms with Crippen LogP contribution in [0.3, 0.4) is 0 Å². The molecule has 0 amide bonds. The van der Waals surface area contributed by atoms with Crippen LogP contribution in [-0.4, -0.2) is 23.4 Å². The highest BCUT2D eigenvalue weighted by atomic mass is 16.3. The zero-order valence-electron chi connectivity index (χ0n) is 23.4. The van der Waals surface area contributed by atoms with Crippen molar-refractivity contribution in [3.05, 3.63) is 119 Å². The lowest BCUT2D eigenvalue weighted by Gasteiger charge is -2.62. The second kappa shape index (κ2) is 10.0. The maximum atomic E-state index is 10.4.